The van der Waals surface area contributed by atoms with Crippen molar-refractivity contribution in [1.82, 2.24) is 0 Å². The van der Waals surface area contributed by atoms with Gasteiger partial charge in [0.25, 0.3) is 0 Å². The van der Waals surface area contributed by atoms with Crippen LogP contribution in [0.4, 0.5) is 0 Å². The summed E-state index contributed by atoms with van der Waals surface area (Å²) in [7, 11) is 0. The van der Waals surface area contributed by atoms with Gasteiger partial charge in [-0.2, -0.15) is 0 Å². The Morgan fingerprint density at radius 1 is 1.39 bits per heavy atom. The molecule has 0 aromatic heterocycles. The maximum absolute atomic E-state index is 11.9. The molecule has 0 radical (unpaired) electrons. The van der Waals surface area contributed by atoms with E-state index in [0.717, 1.165) is 5.56 Å². The highest BCUT2D eigenvalue weighted by molar-refractivity contribution is 6.33. The van der Waals surface area contributed by atoms with E-state index in [0.29, 0.717) is 16.7 Å². The second-order valence-corrected chi connectivity index (χ2v) is 6.04. The molecule has 0 spiro atoms. The normalized spacial score (nSPS) is 24.7. The molecule has 0 unspecified atom stereocenters. The van der Waals surface area contributed by atoms with E-state index in [9.17, 15) is 4.79 Å². The minimum Gasteiger partial charge on any atom is -0.466 e. The number of carbonyl (C=O) groups excluding carboxylic acids is 1. The Morgan fingerprint density at radius 2 is 2.06 bits per heavy atom. The first-order chi connectivity index (χ1) is 8.39. The molecule has 0 N–H and O–H groups in total. The van der Waals surface area contributed by atoms with E-state index >= 15 is 0 Å². The largest absolute Gasteiger partial charge is 0.466 e. The zero-order valence-corrected chi connectivity index (χ0v) is 12.2. The topological polar surface area (TPSA) is 26.3 Å². The van der Waals surface area contributed by atoms with Gasteiger partial charge in [-0.15, -0.1) is 0 Å². The highest BCUT2D eigenvalue weighted by Crippen LogP contribution is 2.65. The van der Waals surface area contributed by atoms with Crippen molar-refractivity contribution in [2.75, 3.05) is 6.61 Å². The Morgan fingerprint density at radius 3 is 2.67 bits per heavy atom. The van der Waals surface area contributed by atoms with Crippen molar-refractivity contribution in [2.45, 2.75) is 26.7 Å². The molecule has 0 aliphatic heterocycles. The average molecular weight is 287 g/mol. The first kappa shape index (κ1) is 13.7. The summed E-state index contributed by atoms with van der Waals surface area (Å²) < 4.78 is 5.11. The molecule has 18 heavy (non-hydrogen) atoms. The van der Waals surface area contributed by atoms with Gasteiger partial charge in [0.2, 0.25) is 0 Å². The Kier molecular flexibility index (Phi) is 3.61. The van der Waals surface area contributed by atoms with E-state index in [1.165, 1.54) is 0 Å². The number of hydrogen-bond donors (Lipinski definition) is 0. The molecule has 0 heterocycles. The second-order valence-electron chi connectivity index (χ2n) is 5.19. The van der Waals surface area contributed by atoms with Gasteiger partial charge >= 0.3 is 5.97 Å². The highest BCUT2D eigenvalue weighted by atomic mass is 35.5. The molecule has 1 aromatic carbocycles. The van der Waals surface area contributed by atoms with Gasteiger partial charge in [-0.3, -0.25) is 4.79 Å². The van der Waals surface area contributed by atoms with Crippen LogP contribution in [0.2, 0.25) is 10.0 Å². The summed E-state index contributed by atoms with van der Waals surface area (Å²) in [6, 6.07) is 5.37. The zero-order valence-electron chi connectivity index (χ0n) is 10.7. The maximum atomic E-state index is 11.9. The van der Waals surface area contributed by atoms with Gasteiger partial charge in [-0.1, -0.05) is 37.0 Å². The van der Waals surface area contributed by atoms with Crippen LogP contribution in [0.1, 0.15) is 32.3 Å². The van der Waals surface area contributed by atoms with Crippen molar-refractivity contribution in [3.8, 4) is 0 Å². The molecule has 2 rings (SSSR count). The Hall–Kier alpha value is -0.730. The molecule has 0 amide bonds. The molecule has 1 aromatic rings. The van der Waals surface area contributed by atoms with Crippen molar-refractivity contribution in [1.29, 1.82) is 0 Å². The average Bonchev–Trinajstić information content (AvgIpc) is 2.85. The second kappa shape index (κ2) is 4.75. The van der Waals surface area contributed by atoms with Crippen molar-refractivity contribution < 1.29 is 9.53 Å². The molecule has 2 nitrogen and oxygen atoms in total. The fraction of sp³-hybridized carbons (Fsp3) is 0.500. The van der Waals surface area contributed by atoms with Crippen LogP contribution in [-0.2, 0) is 9.53 Å². The standard InChI is InChI=1S/C14H16Cl2O2/c1-4-18-13(17)12-11(14(12,2)3)9-7-8(15)5-6-10(9)16/h5-7,11-12H,4H2,1-3H3/t11-,12+/m1/s1. The fourth-order valence-corrected chi connectivity index (χ4v) is 3.06. The van der Waals surface area contributed by atoms with Crippen LogP contribution in [0, 0.1) is 11.3 Å². The zero-order chi connectivity index (χ0) is 13.5. The third-order valence-corrected chi connectivity index (χ3v) is 4.24. The SMILES string of the molecule is CCOC(=O)[C@@H]1[C@@H](c2cc(Cl)ccc2Cl)C1(C)C. The number of esters is 1. The quantitative estimate of drug-likeness (QED) is 0.775. The van der Waals surface area contributed by atoms with Gasteiger partial charge in [-0.25, -0.2) is 0 Å². The summed E-state index contributed by atoms with van der Waals surface area (Å²) in [4.78, 5) is 11.9. The Labute approximate surface area is 117 Å². The van der Waals surface area contributed by atoms with Crippen LogP contribution in [0.15, 0.2) is 18.2 Å². The van der Waals surface area contributed by atoms with Gasteiger partial charge in [0.15, 0.2) is 0 Å². The van der Waals surface area contributed by atoms with Crippen molar-refractivity contribution in [2.24, 2.45) is 11.3 Å². The van der Waals surface area contributed by atoms with Crippen molar-refractivity contribution in [3.05, 3.63) is 33.8 Å². The molecule has 1 aliphatic rings. The lowest BCUT2D eigenvalue weighted by Crippen LogP contribution is -2.10. The van der Waals surface area contributed by atoms with Crippen LogP contribution in [-0.4, -0.2) is 12.6 Å². The first-order valence-corrected chi connectivity index (χ1v) is 6.76. The first-order valence-electron chi connectivity index (χ1n) is 6.01. The minimum absolute atomic E-state index is 0.0859. The van der Waals surface area contributed by atoms with Crippen molar-refractivity contribution >= 4 is 29.2 Å². The molecule has 2 atom stereocenters. The predicted octanol–water partition coefficient (Wildman–Crippen LogP) is 4.30. The molecular formula is C14H16Cl2O2. The lowest BCUT2D eigenvalue weighted by molar-refractivity contribution is -0.145. The van der Waals surface area contributed by atoms with Crippen LogP contribution >= 0.6 is 23.2 Å². The van der Waals surface area contributed by atoms with Gasteiger partial charge < -0.3 is 4.74 Å². The van der Waals surface area contributed by atoms with Crippen molar-refractivity contribution in [3.63, 3.8) is 0 Å². The van der Waals surface area contributed by atoms with Crippen LogP contribution in [0.25, 0.3) is 0 Å². The molecule has 4 heteroatoms. The van der Waals surface area contributed by atoms with Gasteiger partial charge in [0, 0.05) is 16.0 Å². The van der Waals surface area contributed by atoms with Gasteiger partial charge in [0.05, 0.1) is 12.5 Å². The monoisotopic (exact) mass is 286 g/mol. The summed E-state index contributed by atoms with van der Waals surface area (Å²) in [5.74, 6) is -0.195. The maximum Gasteiger partial charge on any atom is 0.310 e. The highest BCUT2D eigenvalue weighted by Gasteiger charge is 2.63. The minimum atomic E-state index is -0.149. The molecule has 1 aliphatic carbocycles. The summed E-state index contributed by atoms with van der Waals surface area (Å²) >= 11 is 12.2. The van der Waals surface area contributed by atoms with E-state index in [-0.39, 0.29) is 23.2 Å². The third-order valence-electron chi connectivity index (χ3n) is 3.66. The van der Waals surface area contributed by atoms with Crippen LogP contribution < -0.4 is 0 Å². The number of ether oxygens (including phenoxy) is 1. The number of carbonyl (C=O) groups is 1. The molecular weight excluding hydrogens is 271 g/mol. The summed E-state index contributed by atoms with van der Waals surface area (Å²) in [6.45, 7) is 6.32. The molecule has 0 bridgehead atoms. The van der Waals surface area contributed by atoms with E-state index in [1.54, 1.807) is 12.1 Å². The Bertz CT molecular complexity index is 483. The Balaban J connectivity index is 2.29. The summed E-state index contributed by atoms with van der Waals surface area (Å²) in [5.41, 5.74) is 0.813. The predicted molar refractivity (Wildman–Crippen MR) is 73.1 cm³/mol. The number of benzene rings is 1. The summed E-state index contributed by atoms with van der Waals surface area (Å²) in [5, 5.41) is 1.30. The van der Waals surface area contributed by atoms with E-state index in [2.05, 4.69) is 13.8 Å². The van der Waals surface area contributed by atoms with Gasteiger partial charge in [0.1, 0.15) is 0 Å². The number of hydrogen-bond acceptors (Lipinski definition) is 2. The van der Waals surface area contributed by atoms with E-state index in [4.69, 9.17) is 27.9 Å². The molecule has 0 saturated heterocycles. The lowest BCUT2D eigenvalue weighted by atomic mass is 10.0. The van der Waals surface area contributed by atoms with E-state index < -0.39 is 0 Å². The number of rotatable bonds is 3. The van der Waals surface area contributed by atoms with Gasteiger partial charge in [-0.05, 0) is 36.1 Å². The smallest absolute Gasteiger partial charge is 0.310 e. The van der Waals surface area contributed by atoms with E-state index in [1.807, 2.05) is 13.0 Å². The molecule has 98 valence electrons. The lowest BCUT2D eigenvalue weighted by Gasteiger charge is -2.05. The third kappa shape index (κ3) is 2.24. The fourth-order valence-electron chi connectivity index (χ4n) is 2.64. The molecule has 1 fully saturated rings. The van der Waals surface area contributed by atoms with Crippen LogP contribution in [0.3, 0.4) is 0 Å². The summed E-state index contributed by atoms with van der Waals surface area (Å²) in [6.07, 6.45) is 0. The van der Waals surface area contributed by atoms with Crippen LogP contribution in [0.5, 0.6) is 0 Å². The molecule has 1 saturated carbocycles. The number of halogens is 2.